The minimum Gasteiger partial charge on any atom is -0.458 e. The third-order valence-corrected chi connectivity index (χ3v) is 3.44. The van der Waals surface area contributed by atoms with E-state index in [1.807, 2.05) is 0 Å². The first-order valence-electron chi connectivity index (χ1n) is 6.97. The SMILES string of the molecule is COCCOC(=O)c1nnn(CC(=O)N2CCCC2)c1C. The second kappa shape index (κ2) is 7.16. The molecule has 0 N–H and O–H groups in total. The first kappa shape index (κ1) is 15.4. The average Bonchev–Trinajstić information content (AvgIpc) is 3.10. The van der Waals surface area contributed by atoms with Gasteiger partial charge in [-0.1, -0.05) is 5.21 Å². The molecule has 1 saturated heterocycles. The van der Waals surface area contributed by atoms with Gasteiger partial charge in [-0.2, -0.15) is 0 Å². The van der Waals surface area contributed by atoms with Crippen molar-refractivity contribution in [3.05, 3.63) is 11.4 Å². The van der Waals surface area contributed by atoms with Crippen LogP contribution in [-0.2, 0) is 20.8 Å². The van der Waals surface area contributed by atoms with Crippen LogP contribution in [0.4, 0.5) is 0 Å². The number of methoxy groups -OCH3 is 1. The molecule has 116 valence electrons. The fourth-order valence-electron chi connectivity index (χ4n) is 2.18. The van der Waals surface area contributed by atoms with Crippen LogP contribution in [0.25, 0.3) is 0 Å². The van der Waals surface area contributed by atoms with Crippen molar-refractivity contribution >= 4 is 11.9 Å². The standard InChI is InChI=1S/C13H20N4O4/c1-10-12(13(19)21-8-7-20-2)14-15-17(10)9-11(18)16-5-3-4-6-16/h3-9H2,1-2H3. The highest BCUT2D eigenvalue weighted by Gasteiger charge is 2.22. The van der Waals surface area contributed by atoms with Crippen LogP contribution in [0.5, 0.6) is 0 Å². The fourth-order valence-corrected chi connectivity index (χ4v) is 2.18. The molecule has 0 atom stereocenters. The summed E-state index contributed by atoms with van der Waals surface area (Å²) in [6.07, 6.45) is 2.08. The van der Waals surface area contributed by atoms with Crippen LogP contribution in [0.15, 0.2) is 0 Å². The highest BCUT2D eigenvalue weighted by Crippen LogP contribution is 2.10. The maximum Gasteiger partial charge on any atom is 0.360 e. The van der Waals surface area contributed by atoms with Gasteiger partial charge in [0.25, 0.3) is 0 Å². The highest BCUT2D eigenvalue weighted by atomic mass is 16.6. The zero-order chi connectivity index (χ0) is 15.2. The van der Waals surface area contributed by atoms with Crippen molar-refractivity contribution in [3.8, 4) is 0 Å². The van der Waals surface area contributed by atoms with Crippen LogP contribution in [0, 0.1) is 6.92 Å². The van der Waals surface area contributed by atoms with E-state index in [0.29, 0.717) is 12.3 Å². The molecule has 8 heteroatoms. The number of amides is 1. The molecular weight excluding hydrogens is 276 g/mol. The zero-order valence-electron chi connectivity index (χ0n) is 12.4. The Balaban J connectivity index is 1.96. The monoisotopic (exact) mass is 296 g/mol. The van der Waals surface area contributed by atoms with Crippen LogP contribution < -0.4 is 0 Å². The van der Waals surface area contributed by atoms with Gasteiger partial charge >= 0.3 is 5.97 Å². The Morgan fingerprint density at radius 2 is 1.95 bits per heavy atom. The number of hydrogen-bond donors (Lipinski definition) is 0. The number of hydrogen-bond acceptors (Lipinski definition) is 6. The molecule has 8 nitrogen and oxygen atoms in total. The zero-order valence-corrected chi connectivity index (χ0v) is 12.4. The van der Waals surface area contributed by atoms with Crippen LogP contribution in [0.2, 0.25) is 0 Å². The number of nitrogens with zero attached hydrogens (tertiary/aromatic N) is 4. The molecule has 0 aromatic carbocycles. The van der Waals surface area contributed by atoms with E-state index in [1.54, 1.807) is 11.8 Å². The molecule has 0 unspecified atom stereocenters. The van der Waals surface area contributed by atoms with Gasteiger partial charge in [0.05, 0.1) is 12.3 Å². The van der Waals surface area contributed by atoms with Gasteiger partial charge in [-0.05, 0) is 19.8 Å². The Bertz CT molecular complexity index is 508. The molecule has 0 radical (unpaired) electrons. The van der Waals surface area contributed by atoms with Crippen molar-refractivity contribution in [1.29, 1.82) is 0 Å². The van der Waals surface area contributed by atoms with E-state index in [2.05, 4.69) is 10.3 Å². The summed E-state index contributed by atoms with van der Waals surface area (Å²) in [5.41, 5.74) is 0.672. The number of carbonyl (C=O) groups is 2. The van der Waals surface area contributed by atoms with Gasteiger partial charge in [0.2, 0.25) is 5.91 Å². The van der Waals surface area contributed by atoms with E-state index in [1.165, 1.54) is 11.8 Å². The lowest BCUT2D eigenvalue weighted by atomic mass is 10.3. The molecule has 1 aromatic rings. The van der Waals surface area contributed by atoms with Crippen molar-refractivity contribution in [2.24, 2.45) is 0 Å². The number of carbonyl (C=O) groups excluding carboxylic acids is 2. The maximum absolute atomic E-state index is 12.1. The van der Waals surface area contributed by atoms with Gasteiger partial charge in [0.15, 0.2) is 5.69 Å². The van der Waals surface area contributed by atoms with Crippen LogP contribution >= 0.6 is 0 Å². The van der Waals surface area contributed by atoms with E-state index in [9.17, 15) is 9.59 Å². The normalized spacial score (nSPS) is 14.5. The van der Waals surface area contributed by atoms with E-state index in [-0.39, 0.29) is 24.8 Å². The summed E-state index contributed by atoms with van der Waals surface area (Å²) >= 11 is 0. The number of likely N-dealkylation sites (tertiary alicyclic amines) is 1. The topological polar surface area (TPSA) is 86.5 Å². The van der Waals surface area contributed by atoms with E-state index < -0.39 is 5.97 Å². The predicted octanol–water partition coefficient (Wildman–Crippen LogP) is 0.0121. The number of ether oxygens (including phenoxy) is 2. The maximum atomic E-state index is 12.1. The Kier molecular flexibility index (Phi) is 5.26. The quantitative estimate of drug-likeness (QED) is 0.543. The second-order valence-electron chi connectivity index (χ2n) is 4.90. The molecule has 0 spiro atoms. The summed E-state index contributed by atoms with van der Waals surface area (Å²) in [5, 5.41) is 7.66. The minimum atomic E-state index is -0.551. The van der Waals surface area contributed by atoms with E-state index in [4.69, 9.17) is 9.47 Å². The highest BCUT2D eigenvalue weighted by molar-refractivity contribution is 5.88. The van der Waals surface area contributed by atoms with Gasteiger partial charge in [0, 0.05) is 20.2 Å². The smallest absolute Gasteiger partial charge is 0.360 e. The molecule has 1 fully saturated rings. The summed E-state index contributed by atoms with van der Waals surface area (Å²) in [6, 6.07) is 0. The Hall–Kier alpha value is -1.96. The van der Waals surface area contributed by atoms with Crippen molar-refractivity contribution in [3.63, 3.8) is 0 Å². The van der Waals surface area contributed by atoms with Crippen molar-refractivity contribution in [2.75, 3.05) is 33.4 Å². The van der Waals surface area contributed by atoms with Crippen LogP contribution in [0.3, 0.4) is 0 Å². The third kappa shape index (κ3) is 3.78. The minimum absolute atomic E-state index is 0.000185. The molecule has 1 aromatic heterocycles. The molecule has 2 rings (SSSR count). The Morgan fingerprint density at radius 3 is 2.62 bits per heavy atom. The molecule has 2 heterocycles. The first-order valence-corrected chi connectivity index (χ1v) is 6.97. The van der Waals surface area contributed by atoms with Gasteiger partial charge in [-0.3, -0.25) is 4.79 Å². The largest absolute Gasteiger partial charge is 0.458 e. The lowest BCUT2D eigenvalue weighted by Gasteiger charge is -2.15. The number of aromatic nitrogens is 3. The van der Waals surface area contributed by atoms with Gasteiger partial charge < -0.3 is 14.4 Å². The molecular formula is C13H20N4O4. The summed E-state index contributed by atoms with van der Waals surface area (Å²) in [5.74, 6) is -0.552. The molecule has 1 aliphatic rings. The average molecular weight is 296 g/mol. The van der Waals surface area contributed by atoms with Crippen molar-refractivity contribution in [2.45, 2.75) is 26.3 Å². The van der Waals surface area contributed by atoms with Gasteiger partial charge in [-0.15, -0.1) is 5.10 Å². The van der Waals surface area contributed by atoms with Crippen molar-refractivity contribution < 1.29 is 19.1 Å². The molecule has 0 bridgehead atoms. The van der Waals surface area contributed by atoms with E-state index >= 15 is 0 Å². The van der Waals surface area contributed by atoms with Gasteiger partial charge in [0.1, 0.15) is 13.2 Å². The summed E-state index contributed by atoms with van der Waals surface area (Å²) in [4.78, 5) is 25.7. The molecule has 21 heavy (non-hydrogen) atoms. The Morgan fingerprint density at radius 1 is 1.24 bits per heavy atom. The van der Waals surface area contributed by atoms with Gasteiger partial charge in [-0.25, -0.2) is 9.48 Å². The van der Waals surface area contributed by atoms with E-state index in [0.717, 1.165) is 25.9 Å². The molecule has 0 saturated carbocycles. The number of rotatable bonds is 6. The second-order valence-corrected chi connectivity index (χ2v) is 4.90. The third-order valence-electron chi connectivity index (χ3n) is 3.44. The number of esters is 1. The lowest BCUT2D eigenvalue weighted by Crippen LogP contribution is -2.31. The summed E-state index contributed by atoms with van der Waals surface area (Å²) in [7, 11) is 1.53. The fraction of sp³-hybridized carbons (Fsp3) is 0.692. The summed E-state index contributed by atoms with van der Waals surface area (Å²) in [6.45, 7) is 3.87. The first-order chi connectivity index (χ1) is 10.1. The molecule has 0 aliphatic carbocycles. The van der Waals surface area contributed by atoms with Crippen LogP contribution in [0.1, 0.15) is 29.0 Å². The molecule has 1 aliphatic heterocycles. The molecule has 1 amide bonds. The predicted molar refractivity (Wildman–Crippen MR) is 72.7 cm³/mol. The Labute approximate surface area is 123 Å². The lowest BCUT2D eigenvalue weighted by molar-refractivity contribution is -0.131. The van der Waals surface area contributed by atoms with Crippen LogP contribution in [-0.4, -0.2) is 65.2 Å². The summed E-state index contributed by atoms with van der Waals surface area (Å²) < 4.78 is 11.2. The van der Waals surface area contributed by atoms with Crippen molar-refractivity contribution in [1.82, 2.24) is 19.9 Å².